The number of carbonyl (C=O) groups excluding carboxylic acids is 1. The second-order valence-electron chi connectivity index (χ2n) is 6.71. The van der Waals surface area contributed by atoms with Crippen molar-refractivity contribution in [2.75, 3.05) is 5.32 Å². The van der Waals surface area contributed by atoms with E-state index in [0.717, 1.165) is 27.5 Å². The summed E-state index contributed by atoms with van der Waals surface area (Å²) in [5.74, 6) is -0.424. The minimum absolute atomic E-state index is 0.134. The zero-order chi connectivity index (χ0) is 18.6. The summed E-state index contributed by atoms with van der Waals surface area (Å²) in [5.41, 5.74) is 3.40. The molecule has 0 spiro atoms. The van der Waals surface area contributed by atoms with Crippen molar-refractivity contribution in [2.45, 2.75) is 26.3 Å². The average molecular weight is 432 g/mol. The van der Waals surface area contributed by atoms with Crippen molar-refractivity contribution >= 4 is 50.0 Å². The van der Waals surface area contributed by atoms with Crippen LogP contribution in [0.2, 0.25) is 5.02 Å². The number of carbonyl (C=O) groups is 1. The smallest absolute Gasteiger partial charge is 0.261 e. The molecule has 0 radical (unpaired) electrons. The van der Waals surface area contributed by atoms with Gasteiger partial charge in [-0.1, -0.05) is 33.6 Å². The predicted molar refractivity (Wildman–Crippen MR) is 108 cm³/mol. The van der Waals surface area contributed by atoms with Crippen LogP contribution in [0, 0.1) is 6.92 Å². The van der Waals surface area contributed by atoms with Gasteiger partial charge < -0.3 is 9.88 Å². The molecule has 1 amide bonds. The number of rotatable bonds is 2. The lowest BCUT2D eigenvalue weighted by Crippen LogP contribution is -2.24. The highest BCUT2D eigenvalue weighted by atomic mass is 79.9. The third-order valence-corrected chi connectivity index (χ3v) is 5.54. The van der Waals surface area contributed by atoms with Gasteiger partial charge in [-0.25, -0.2) is 0 Å². The summed E-state index contributed by atoms with van der Waals surface area (Å²) < 4.78 is 2.87. The van der Waals surface area contributed by atoms with Gasteiger partial charge in [0.1, 0.15) is 5.56 Å². The van der Waals surface area contributed by atoms with E-state index < -0.39 is 5.91 Å². The normalized spacial score (nSPS) is 15.5. The summed E-state index contributed by atoms with van der Waals surface area (Å²) in [6.07, 6.45) is 2.52. The first-order valence-corrected chi connectivity index (χ1v) is 9.47. The maximum absolute atomic E-state index is 13.0. The van der Waals surface area contributed by atoms with E-state index in [0.29, 0.717) is 16.1 Å². The number of nitrogens with zero attached hydrogens (tertiary/aromatic N) is 1. The highest BCUT2D eigenvalue weighted by molar-refractivity contribution is 9.10. The molecule has 0 fully saturated rings. The number of anilines is 1. The van der Waals surface area contributed by atoms with Gasteiger partial charge in [0, 0.05) is 32.8 Å². The van der Waals surface area contributed by atoms with E-state index in [1.165, 1.54) is 0 Å². The first-order chi connectivity index (χ1) is 12.3. The van der Waals surface area contributed by atoms with Gasteiger partial charge in [-0.2, -0.15) is 0 Å². The minimum Gasteiger partial charge on any atom is -0.343 e. The van der Waals surface area contributed by atoms with Crippen LogP contribution in [0.3, 0.4) is 0 Å². The molecule has 1 aliphatic heterocycles. The molecule has 0 saturated carbocycles. The first kappa shape index (κ1) is 17.3. The molecule has 1 unspecified atom stereocenters. The Hall–Kier alpha value is -2.11. The largest absolute Gasteiger partial charge is 0.343 e. The number of amides is 1. The molecule has 1 atom stereocenters. The lowest BCUT2D eigenvalue weighted by atomic mass is 10.1. The van der Waals surface area contributed by atoms with Gasteiger partial charge >= 0.3 is 0 Å². The van der Waals surface area contributed by atoms with Crippen LogP contribution in [-0.2, 0) is 6.42 Å². The lowest BCUT2D eigenvalue weighted by Gasteiger charge is -2.13. The van der Waals surface area contributed by atoms with E-state index in [4.69, 9.17) is 11.6 Å². The average Bonchev–Trinajstić information content (AvgIpc) is 2.89. The molecule has 4 nitrogen and oxygen atoms in total. The Morgan fingerprint density at radius 1 is 1.31 bits per heavy atom. The van der Waals surface area contributed by atoms with E-state index in [2.05, 4.69) is 28.2 Å². The molecule has 1 N–H and O–H groups in total. The molecule has 0 saturated heterocycles. The van der Waals surface area contributed by atoms with Crippen LogP contribution in [0.5, 0.6) is 0 Å². The summed E-state index contributed by atoms with van der Waals surface area (Å²) in [7, 11) is 0. The fourth-order valence-electron chi connectivity index (χ4n) is 3.54. The van der Waals surface area contributed by atoms with Crippen molar-refractivity contribution in [1.82, 2.24) is 4.57 Å². The molecule has 1 aliphatic rings. The van der Waals surface area contributed by atoms with Crippen molar-refractivity contribution in [2.24, 2.45) is 0 Å². The van der Waals surface area contributed by atoms with Crippen molar-refractivity contribution in [3.05, 3.63) is 72.9 Å². The van der Waals surface area contributed by atoms with Crippen LogP contribution < -0.4 is 10.7 Å². The van der Waals surface area contributed by atoms with Gasteiger partial charge in [0.25, 0.3) is 5.91 Å². The van der Waals surface area contributed by atoms with Crippen molar-refractivity contribution < 1.29 is 4.79 Å². The van der Waals surface area contributed by atoms with Gasteiger partial charge in [0.15, 0.2) is 0 Å². The zero-order valence-electron chi connectivity index (χ0n) is 14.3. The van der Waals surface area contributed by atoms with Crippen LogP contribution in [0.25, 0.3) is 10.9 Å². The maximum atomic E-state index is 13.0. The van der Waals surface area contributed by atoms with E-state index in [1.54, 1.807) is 24.4 Å². The van der Waals surface area contributed by atoms with Crippen LogP contribution >= 0.6 is 27.5 Å². The number of benzene rings is 2. The minimum atomic E-state index is -0.424. The number of aromatic nitrogens is 1. The summed E-state index contributed by atoms with van der Waals surface area (Å²) in [5, 5.41) is 3.92. The fourth-order valence-corrected chi connectivity index (χ4v) is 4.22. The van der Waals surface area contributed by atoms with Crippen LogP contribution in [0.4, 0.5) is 5.69 Å². The Morgan fingerprint density at radius 3 is 2.85 bits per heavy atom. The van der Waals surface area contributed by atoms with E-state index in [-0.39, 0.29) is 17.0 Å². The summed E-state index contributed by atoms with van der Waals surface area (Å²) in [6, 6.07) is 9.30. The van der Waals surface area contributed by atoms with E-state index >= 15 is 0 Å². The molecule has 132 valence electrons. The molecule has 2 heterocycles. The molecule has 1 aromatic heterocycles. The Bertz CT molecular complexity index is 1140. The third-order valence-electron chi connectivity index (χ3n) is 4.85. The van der Waals surface area contributed by atoms with Crippen LogP contribution in [-0.4, -0.2) is 10.5 Å². The second kappa shape index (κ2) is 6.25. The van der Waals surface area contributed by atoms with Gasteiger partial charge in [-0.15, -0.1) is 0 Å². The number of pyridine rings is 1. The van der Waals surface area contributed by atoms with E-state index in [9.17, 15) is 9.59 Å². The number of halogens is 2. The highest BCUT2D eigenvalue weighted by Gasteiger charge is 2.25. The molecule has 4 rings (SSSR count). The maximum Gasteiger partial charge on any atom is 0.261 e. The quantitative estimate of drug-likeness (QED) is 0.614. The molecule has 0 bridgehead atoms. The summed E-state index contributed by atoms with van der Waals surface area (Å²) >= 11 is 9.50. The van der Waals surface area contributed by atoms with Gasteiger partial charge in [-0.3, -0.25) is 9.59 Å². The third kappa shape index (κ3) is 2.75. The van der Waals surface area contributed by atoms with Crippen molar-refractivity contribution in [3.8, 4) is 0 Å². The second-order valence-corrected chi connectivity index (χ2v) is 8.06. The topological polar surface area (TPSA) is 51.1 Å². The molecule has 3 aromatic rings. The summed E-state index contributed by atoms with van der Waals surface area (Å²) in [6.45, 7) is 3.96. The number of nitrogens with one attached hydrogen (secondary N) is 1. The number of aryl methyl sites for hydroxylation is 1. The first-order valence-electron chi connectivity index (χ1n) is 8.30. The summed E-state index contributed by atoms with van der Waals surface area (Å²) in [4.78, 5) is 25.8. The molecule has 26 heavy (non-hydrogen) atoms. The van der Waals surface area contributed by atoms with Crippen LogP contribution in [0.15, 0.2) is 45.8 Å². The van der Waals surface area contributed by atoms with Crippen molar-refractivity contribution in [3.63, 3.8) is 0 Å². The Labute approximate surface area is 163 Å². The Balaban J connectivity index is 1.85. The fraction of sp³-hybridized carbons (Fsp3) is 0.200. The predicted octanol–water partition coefficient (Wildman–Crippen LogP) is 5.10. The molecule has 0 aliphatic carbocycles. The SMILES string of the molecule is Cc1ccc(Cl)cc1NC(=O)c1cn2c3c(cc(Br)cc3c1=O)CC2C. The van der Waals surface area contributed by atoms with Gasteiger partial charge in [-0.05, 0) is 55.7 Å². The highest BCUT2D eigenvalue weighted by Crippen LogP contribution is 2.33. The standard InChI is InChI=1S/C20H16BrClN2O2/c1-10-3-4-14(22)8-17(10)23-20(26)16-9-24-11(2)5-12-6-13(21)7-15(18(12)24)19(16)25/h3-4,6-9,11H,5H2,1-2H3,(H,23,26). The van der Waals surface area contributed by atoms with E-state index in [1.807, 2.05) is 23.6 Å². The Morgan fingerprint density at radius 2 is 2.08 bits per heavy atom. The zero-order valence-corrected chi connectivity index (χ0v) is 16.6. The molecular weight excluding hydrogens is 416 g/mol. The molecular formula is C20H16BrClN2O2. The Kier molecular flexibility index (Phi) is 4.16. The molecule has 2 aromatic carbocycles. The monoisotopic (exact) mass is 430 g/mol. The van der Waals surface area contributed by atoms with Crippen molar-refractivity contribution in [1.29, 1.82) is 0 Å². The van der Waals surface area contributed by atoms with Crippen LogP contribution in [0.1, 0.15) is 34.5 Å². The lowest BCUT2D eigenvalue weighted by molar-refractivity contribution is 0.102. The number of hydrogen-bond donors (Lipinski definition) is 1. The van der Waals surface area contributed by atoms with Gasteiger partial charge in [0.2, 0.25) is 5.43 Å². The van der Waals surface area contributed by atoms with Gasteiger partial charge in [0.05, 0.1) is 5.52 Å². The number of hydrogen-bond acceptors (Lipinski definition) is 2. The molecule has 6 heteroatoms.